The van der Waals surface area contributed by atoms with Crippen molar-refractivity contribution in [1.29, 1.82) is 0 Å². The van der Waals surface area contributed by atoms with Crippen molar-refractivity contribution in [1.82, 2.24) is 30.5 Å². The second-order valence-corrected chi connectivity index (χ2v) is 8.41. The molecule has 0 aliphatic carbocycles. The first-order valence-electron chi connectivity index (χ1n) is 10.9. The maximum Gasteiger partial charge on any atom is 0.317 e. The number of aryl methyl sites for hydroxylation is 1. The van der Waals surface area contributed by atoms with Crippen molar-refractivity contribution in [2.24, 2.45) is 0 Å². The minimum absolute atomic E-state index is 0.0782. The highest BCUT2D eigenvalue weighted by molar-refractivity contribution is 5.94. The van der Waals surface area contributed by atoms with Gasteiger partial charge in [0.2, 0.25) is 0 Å². The number of hydrogen-bond donors (Lipinski definition) is 2. The fourth-order valence-electron chi connectivity index (χ4n) is 4.17. The van der Waals surface area contributed by atoms with Gasteiger partial charge in [0.15, 0.2) is 0 Å². The summed E-state index contributed by atoms with van der Waals surface area (Å²) in [4.78, 5) is 26.6. The molecule has 1 atom stereocenters. The van der Waals surface area contributed by atoms with E-state index in [4.69, 9.17) is 9.47 Å². The summed E-state index contributed by atoms with van der Waals surface area (Å²) < 4.78 is 13.1. The Hall–Kier alpha value is -2.98. The Balaban J connectivity index is 1.32. The van der Waals surface area contributed by atoms with Gasteiger partial charge in [-0.05, 0) is 31.9 Å². The first-order valence-corrected chi connectivity index (χ1v) is 10.9. The average molecular weight is 443 g/mol. The predicted molar refractivity (Wildman–Crippen MR) is 116 cm³/mol. The molecule has 2 aromatic rings. The van der Waals surface area contributed by atoms with E-state index >= 15 is 0 Å². The fraction of sp³-hybridized carbons (Fsp3) is 0.545. The Morgan fingerprint density at radius 3 is 2.97 bits per heavy atom. The number of methoxy groups -OCH3 is 1. The molecule has 1 unspecified atom stereocenters. The zero-order valence-electron chi connectivity index (χ0n) is 18.6. The second-order valence-electron chi connectivity index (χ2n) is 8.41. The molecule has 2 aliphatic rings. The monoisotopic (exact) mass is 442 g/mol. The molecule has 2 N–H and O–H groups in total. The highest BCUT2D eigenvalue weighted by atomic mass is 16.5. The third kappa shape index (κ3) is 4.91. The van der Waals surface area contributed by atoms with Crippen molar-refractivity contribution < 1.29 is 19.1 Å². The van der Waals surface area contributed by atoms with Gasteiger partial charge in [-0.3, -0.25) is 4.79 Å². The first-order chi connectivity index (χ1) is 15.5. The van der Waals surface area contributed by atoms with Crippen LogP contribution in [0.1, 0.15) is 40.2 Å². The van der Waals surface area contributed by atoms with E-state index in [-0.39, 0.29) is 18.5 Å². The van der Waals surface area contributed by atoms with Gasteiger partial charge in [0.1, 0.15) is 11.3 Å². The summed E-state index contributed by atoms with van der Waals surface area (Å²) >= 11 is 0. The number of urea groups is 1. The van der Waals surface area contributed by atoms with Crippen molar-refractivity contribution in [3.05, 3.63) is 46.8 Å². The molecule has 1 spiro atoms. The molecule has 2 aliphatic heterocycles. The van der Waals surface area contributed by atoms with Crippen LogP contribution in [0.15, 0.2) is 24.3 Å². The van der Waals surface area contributed by atoms with Gasteiger partial charge in [0, 0.05) is 32.4 Å². The number of carbonyl (C=O) groups excluding carboxylic acids is 2. The van der Waals surface area contributed by atoms with Crippen LogP contribution in [0.5, 0.6) is 0 Å². The normalized spacial score (nSPS) is 19.8. The number of ether oxygens (including phenoxy) is 2. The van der Waals surface area contributed by atoms with E-state index in [9.17, 15) is 9.59 Å². The van der Waals surface area contributed by atoms with Crippen LogP contribution < -0.4 is 10.6 Å². The Kier molecular flexibility index (Phi) is 6.71. The highest BCUT2D eigenvalue weighted by Crippen LogP contribution is 2.32. The second kappa shape index (κ2) is 9.66. The topological polar surface area (TPSA) is 111 Å². The fourth-order valence-corrected chi connectivity index (χ4v) is 4.17. The number of likely N-dealkylation sites (tertiary alicyclic amines) is 1. The quantitative estimate of drug-likeness (QED) is 0.624. The molecule has 172 valence electrons. The van der Waals surface area contributed by atoms with Crippen LogP contribution in [0.4, 0.5) is 4.79 Å². The van der Waals surface area contributed by atoms with Gasteiger partial charge >= 0.3 is 6.03 Å². The van der Waals surface area contributed by atoms with Gasteiger partial charge in [-0.25, -0.2) is 9.48 Å². The molecule has 1 saturated heterocycles. The molecule has 0 saturated carbocycles. The largest absolute Gasteiger partial charge is 0.385 e. The van der Waals surface area contributed by atoms with Crippen LogP contribution in [0.25, 0.3) is 0 Å². The Morgan fingerprint density at radius 2 is 2.16 bits per heavy atom. The number of rotatable bonds is 7. The molecular formula is C22H30N6O4. The van der Waals surface area contributed by atoms with E-state index in [1.165, 1.54) is 0 Å². The first kappa shape index (κ1) is 22.2. The molecule has 3 amide bonds. The van der Waals surface area contributed by atoms with Gasteiger partial charge in [-0.2, -0.15) is 0 Å². The average Bonchev–Trinajstić information content (AvgIpc) is 3.39. The van der Waals surface area contributed by atoms with Gasteiger partial charge in [0.05, 0.1) is 31.9 Å². The van der Waals surface area contributed by atoms with Crippen molar-refractivity contribution in [3.8, 4) is 0 Å². The van der Waals surface area contributed by atoms with Crippen LogP contribution in [-0.2, 0) is 29.2 Å². The molecule has 1 aromatic heterocycles. The number of amides is 3. The summed E-state index contributed by atoms with van der Waals surface area (Å²) in [7, 11) is 1.65. The van der Waals surface area contributed by atoms with E-state index < -0.39 is 5.60 Å². The van der Waals surface area contributed by atoms with E-state index in [0.29, 0.717) is 50.7 Å². The van der Waals surface area contributed by atoms with E-state index in [1.807, 2.05) is 29.8 Å². The van der Waals surface area contributed by atoms with Gasteiger partial charge < -0.3 is 25.0 Å². The summed E-state index contributed by atoms with van der Waals surface area (Å²) in [6.45, 7) is 5.49. The van der Waals surface area contributed by atoms with Crippen molar-refractivity contribution in [2.75, 3.05) is 33.4 Å². The maximum atomic E-state index is 12.4. The SMILES string of the molecule is COCCCNC(=O)N1CCC2(C1)Cn1nnc(CNC(=O)c3cccc(C)c3)c1CO2. The molecule has 10 heteroatoms. The molecule has 0 bridgehead atoms. The molecule has 1 aromatic carbocycles. The molecule has 0 radical (unpaired) electrons. The lowest BCUT2D eigenvalue weighted by molar-refractivity contribution is -0.0824. The number of nitrogens with zero attached hydrogens (tertiary/aromatic N) is 4. The lowest BCUT2D eigenvalue weighted by atomic mass is 10.0. The maximum absolute atomic E-state index is 12.4. The Morgan fingerprint density at radius 1 is 1.28 bits per heavy atom. The molecule has 32 heavy (non-hydrogen) atoms. The standard InChI is InChI=1S/C22H30N6O4/c1-16-5-3-6-17(11-16)20(29)24-12-18-19-13-32-22(15-28(19)26-25-18)7-9-27(14-22)21(30)23-8-4-10-31-2/h3,5-6,11H,4,7-10,12-15H2,1-2H3,(H,23,30)(H,24,29). The van der Waals surface area contributed by atoms with Crippen molar-refractivity contribution in [3.63, 3.8) is 0 Å². The van der Waals surface area contributed by atoms with Gasteiger partial charge in [-0.15, -0.1) is 5.10 Å². The zero-order chi connectivity index (χ0) is 22.6. The lowest BCUT2D eigenvalue weighted by Gasteiger charge is -2.33. The smallest absolute Gasteiger partial charge is 0.317 e. The Labute approximate surface area is 187 Å². The molecule has 4 rings (SSSR count). The minimum atomic E-state index is -0.452. The van der Waals surface area contributed by atoms with Crippen LogP contribution in [0.3, 0.4) is 0 Å². The van der Waals surface area contributed by atoms with Crippen molar-refractivity contribution in [2.45, 2.75) is 45.1 Å². The molecular weight excluding hydrogens is 412 g/mol. The number of benzene rings is 1. The van der Waals surface area contributed by atoms with Crippen molar-refractivity contribution >= 4 is 11.9 Å². The van der Waals surface area contributed by atoms with E-state index in [0.717, 1.165) is 24.1 Å². The third-order valence-corrected chi connectivity index (χ3v) is 5.97. The minimum Gasteiger partial charge on any atom is -0.385 e. The lowest BCUT2D eigenvalue weighted by Crippen LogP contribution is -2.47. The summed E-state index contributed by atoms with van der Waals surface area (Å²) in [5.74, 6) is -0.147. The van der Waals surface area contributed by atoms with E-state index in [2.05, 4.69) is 20.9 Å². The predicted octanol–water partition coefficient (Wildman–Crippen LogP) is 1.24. The number of aromatic nitrogens is 3. The number of carbonyl (C=O) groups is 2. The Bertz CT molecular complexity index is 977. The molecule has 1 fully saturated rings. The van der Waals surface area contributed by atoms with Crippen LogP contribution in [-0.4, -0.2) is 70.8 Å². The summed E-state index contributed by atoms with van der Waals surface area (Å²) in [6.07, 6.45) is 1.53. The summed E-state index contributed by atoms with van der Waals surface area (Å²) in [5, 5.41) is 14.4. The number of nitrogens with one attached hydrogen (secondary N) is 2. The summed E-state index contributed by atoms with van der Waals surface area (Å²) in [5.41, 5.74) is 2.76. The zero-order valence-corrected chi connectivity index (χ0v) is 18.6. The van der Waals surface area contributed by atoms with E-state index in [1.54, 1.807) is 18.1 Å². The van der Waals surface area contributed by atoms with Gasteiger partial charge in [0.25, 0.3) is 5.91 Å². The highest BCUT2D eigenvalue weighted by Gasteiger charge is 2.44. The van der Waals surface area contributed by atoms with Gasteiger partial charge in [-0.1, -0.05) is 22.9 Å². The molecule has 3 heterocycles. The van der Waals surface area contributed by atoms with Crippen LogP contribution in [0, 0.1) is 6.92 Å². The molecule has 10 nitrogen and oxygen atoms in total. The third-order valence-electron chi connectivity index (χ3n) is 5.97. The van der Waals surface area contributed by atoms with Crippen LogP contribution in [0.2, 0.25) is 0 Å². The summed E-state index contributed by atoms with van der Waals surface area (Å²) in [6, 6.07) is 7.38. The number of hydrogen-bond acceptors (Lipinski definition) is 6. The number of fused-ring (bicyclic) bond motifs is 1. The van der Waals surface area contributed by atoms with Crippen LogP contribution >= 0.6 is 0 Å².